The van der Waals surface area contributed by atoms with Crippen molar-refractivity contribution < 1.29 is 4.79 Å². The van der Waals surface area contributed by atoms with Gasteiger partial charge in [0.05, 0.1) is 0 Å². The van der Waals surface area contributed by atoms with Crippen molar-refractivity contribution in [2.75, 3.05) is 0 Å². The van der Waals surface area contributed by atoms with Gasteiger partial charge in [0.1, 0.15) is 5.78 Å². The molecule has 0 atom stereocenters. The van der Waals surface area contributed by atoms with Crippen molar-refractivity contribution >= 4 is 5.78 Å². The Bertz CT molecular complexity index is 164. The largest absolute Gasteiger partial charge is 0.300 e. The van der Waals surface area contributed by atoms with Gasteiger partial charge in [0, 0.05) is 12.8 Å². The minimum atomic E-state index is 0.422. The first kappa shape index (κ1) is 12.4. The standard InChI is InChI=1S/C12H22O/c1-4-5-6-9-12(13)10-7-8-11(2)3/h8H,4-7,9-10H2,1-3H3. The number of hydrogen-bond donors (Lipinski definition) is 0. The Morgan fingerprint density at radius 1 is 1.15 bits per heavy atom. The van der Waals surface area contributed by atoms with E-state index in [0.29, 0.717) is 5.78 Å². The van der Waals surface area contributed by atoms with Crippen LogP contribution in [-0.2, 0) is 4.79 Å². The molecule has 0 spiro atoms. The van der Waals surface area contributed by atoms with Crippen molar-refractivity contribution in [3.8, 4) is 0 Å². The van der Waals surface area contributed by atoms with Gasteiger partial charge >= 0.3 is 0 Å². The zero-order valence-electron chi connectivity index (χ0n) is 9.23. The van der Waals surface area contributed by atoms with Crippen molar-refractivity contribution in [1.29, 1.82) is 0 Å². The third kappa shape index (κ3) is 9.32. The van der Waals surface area contributed by atoms with Gasteiger partial charge < -0.3 is 0 Å². The summed E-state index contributed by atoms with van der Waals surface area (Å²) in [6.45, 7) is 6.30. The molecule has 0 heterocycles. The molecule has 0 bridgehead atoms. The molecule has 0 aromatic carbocycles. The third-order valence-corrected chi connectivity index (χ3v) is 2.03. The quantitative estimate of drug-likeness (QED) is 0.431. The van der Waals surface area contributed by atoms with Crippen LogP contribution in [0.4, 0.5) is 0 Å². The van der Waals surface area contributed by atoms with E-state index in [9.17, 15) is 4.79 Å². The van der Waals surface area contributed by atoms with E-state index < -0.39 is 0 Å². The monoisotopic (exact) mass is 182 g/mol. The molecular weight excluding hydrogens is 160 g/mol. The molecule has 76 valence electrons. The number of unbranched alkanes of at least 4 members (excludes halogenated alkanes) is 2. The molecule has 0 unspecified atom stereocenters. The van der Waals surface area contributed by atoms with Crippen molar-refractivity contribution in [3.05, 3.63) is 11.6 Å². The number of Topliss-reactive ketones (excluding diaryl/α,β-unsaturated/α-hetero) is 1. The van der Waals surface area contributed by atoms with Gasteiger partial charge in [-0.15, -0.1) is 0 Å². The first-order valence-electron chi connectivity index (χ1n) is 5.32. The van der Waals surface area contributed by atoms with Crippen LogP contribution >= 0.6 is 0 Å². The van der Waals surface area contributed by atoms with Crippen LogP contribution in [0.25, 0.3) is 0 Å². The van der Waals surface area contributed by atoms with Crippen molar-refractivity contribution in [3.63, 3.8) is 0 Å². The average Bonchev–Trinajstić information content (AvgIpc) is 2.04. The summed E-state index contributed by atoms with van der Waals surface area (Å²) < 4.78 is 0. The van der Waals surface area contributed by atoms with E-state index in [1.165, 1.54) is 18.4 Å². The lowest BCUT2D eigenvalue weighted by atomic mass is 10.1. The van der Waals surface area contributed by atoms with Crippen LogP contribution in [0, 0.1) is 0 Å². The summed E-state index contributed by atoms with van der Waals surface area (Å²) in [5.41, 5.74) is 1.31. The molecule has 1 nitrogen and oxygen atoms in total. The van der Waals surface area contributed by atoms with Gasteiger partial charge in [0.2, 0.25) is 0 Å². The van der Waals surface area contributed by atoms with Crippen LogP contribution in [-0.4, -0.2) is 5.78 Å². The van der Waals surface area contributed by atoms with E-state index >= 15 is 0 Å². The normalized spacial score (nSPS) is 9.77. The van der Waals surface area contributed by atoms with Gasteiger partial charge in [-0.3, -0.25) is 4.79 Å². The van der Waals surface area contributed by atoms with Crippen LogP contribution in [0.3, 0.4) is 0 Å². The van der Waals surface area contributed by atoms with Crippen LogP contribution in [0.5, 0.6) is 0 Å². The summed E-state index contributed by atoms with van der Waals surface area (Å²) in [6.07, 6.45) is 8.03. The number of rotatable bonds is 7. The maximum Gasteiger partial charge on any atom is 0.133 e. The second-order valence-corrected chi connectivity index (χ2v) is 3.82. The van der Waals surface area contributed by atoms with E-state index in [-0.39, 0.29) is 0 Å². The summed E-state index contributed by atoms with van der Waals surface area (Å²) in [5.74, 6) is 0.422. The Morgan fingerprint density at radius 2 is 1.85 bits per heavy atom. The van der Waals surface area contributed by atoms with E-state index in [2.05, 4.69) is 26.8 Å². The third-order valence-electron chi connectivity index (χ3n) is 2.03. The van der Waals surface area contributed by atoms with Gasteiger partial charge in [-0.1, -0.05) is 31.4 Å². The molecule has 0 aromatic heterocycles. The van der Waals surface area contributed by atoms with Crippen molar-refractivity contribution in [2.24, 2.45) is 0 Å². The maximum atomic E-state index is 11.3. The van der Waals surface area contributed by atoms with E-state index in [1.54, 1.807) is 0 Å². The number of hydrogen-bond acceptors (Lipinski definition) is 1. The highest BCUT2D eigenvalue weighted by molar-refractivity contribution is 5.78. The second kappa shape index (κ2) is 8.03. The smallest absolute Gasteiger partial charge is 0.133 e. The minimum Gasteiger partial charge on any atom is -0.300 e. The number of ketones is 1. The molecule has 0 fully saturated rings. The zero-order chi connectivity index (χ0) is 10.1. The zero-order valence-corrected chi connectivity index (χ0v) is 9.23. The van der Waals surface area contributed by atoms with Crippen LogP contribution < -0.4 is 0 Å². The lowest BCUT2D eigenvalue weighted by Crippen LogP contribution is -1.96. The molecule has 0 aromatic rings. The molecule has 0 aliphatic rings. The second-order valence-electron chi connectivity index (χ2n) is 3.82. The topological polar surface area (TPSA) is 17.1 Å². The SMILES string of the molecule is CCCCCC(=O)CCC=C(C)C. The Morgan fingerprint density at radius 3 is 2.38 bits per heavy atom. The molecular formula is C12H22O. The highest BCUT2D eigenvalue weighted by Crippen LogP contribution is 2.05. The molecule has 0 aliphatic carbocycles. The lowest BCUT2D eigenvalue weighted by Gasteiger charge is -1.97. The Labute approximate surface area is 82.2 Å². The van der Waals surface area contributed by atoms with Crippen LogP contribution in [0.2, 0.25) is 0 Å². The van der Waals surface area contributed by atoms with Crippen molar-refractivity contribution in [2.45, 2.75) is 59.3 Å². The molecule has 0 rings (SSSR count). The fraction of sp³-hybridized carbons (Fsp3) is 0.750. The minimum absolute atomic E-state index is 0.422. The van der Waals surface area contributed by atoms with Crippen molar-refractivity contribution in [1.82, 2.24) is 0 Å². The van der Waals surface area contributed by atoms with E-state index in [4.69, 9.17) is 0 Å². The van der Waals surface area contributed by atoms with Gasteiger partial charge in [-0.25, -0.2) is 0 Å². The average molecular weight is 182 g/mol. The fourth-order valence-electron chi connectivity index (χ4n) is 1.22. The molecule has 0 saturated heterocycles. The van der Waals surface area contributed by atoms with Gasteiger partial charge in [0.15, 0.2) is 0 Å². The predicted molar refractivity (Wildman–Crippen MR) is 57.8 cm³/mol. The number of carbonyl (C=O) groups excluding carboxylic acids is 1. The lowest BCUT2D eigenvalue weighted by molar-refractivity contribution is -0.119. The molecule has 0 amide bonds. The van der Waals surface area contributed by atoms with Gasteiger partial charge in [-0.05, 0) is 26.7 Å². The van der Waals surface area contributed by atoms with Gasteiger partial charge in [-0.2, -0.15) is 0 Å². The summed E-state index contributed by atoms with van der Waals surface area (Å²) in [5, 5.41) is 0. The summed E-state index contributed by atoms with van der Waals surface area (Å²) in [7, 11) is 0. The molecule has 1 heteroatoms. The molecule has 0 aliphatic heterocycles. The Kier molecular flexibility index (Phi) is 7.66. The van der Waals surface area contributed by atoms with Crippen LogP contribution in [0.15, 0.2) is 11.6 Å². The van der Waals surface area contributed by atoms with E-state index in [1.807, 2.05) is 0 Å². The number of carbonyl (C=O) groups is 1. The number of allylic oxidation sites excluding steroid dienone is 2. The molecule has 0 radical (unpaired) electrons. The Balaban J connectivity index is 3.36. The predicted octanol–water partition coefficient (Wildman–Crippen LogP) is 3.88. The molecule has 13 heavy (non-hydrogen) atoms. The summed E-state index contributed by atoms with van der Waals surface area (Å²) >= 11 is 0. The summed E-state index contributed by atoms with van der Waals surface area (Å²) in [6, 6.07) is 0. The maximum absolute atomic E-state index is 11.3. The highest BCUT2D eigenvalue weighted by atomic mass is 16.1. The fourth-order valence-corrected chi connectivity index (χ4v) is 1.22. The van der Waals surface area contributed by atoms with E-state index in [0.717, 1.165) is 25.7 Å². The summed E-state index contributed by atoms with van der Waals surface area (Å²) in [4.78, 5) is 11.3. The molecule has 0 saturated carbocycles. The van der Waals surface area contributed by atoms with Crippen LogP contribution in [0.1, 0.15) is 59.3 Å². The van der Waals surface area contributed by atoms with Gasteiger partial charge in [0.25, 0.3) is 0 Å². The first-order chi connectivity index (χ1) is 6.16. The Hall–Kier alpha value is -0.590. The molecule has 0 N–H and O–H groups in total. The highest BCUT2D eigenvalue weighted by Gasteiger charge is 1.99. The first-order valence-corrected chi connectivity index (χ1v) is 5.32.